The van der Waals surface area contributed by atoms with E-state index in [1.165, 1.54) is 7.11 Å². The van der Waals surface area contributed by atoms with Gasteiger partial charge in [0.2, 0.25) is 5.69 Å². The third-order valence-electron chi connectivity index (χ3n) is 4.39. The van der Waals surface area contributed by atoms with Gasteiger partial charge < -0.3 is 31.4 Å². The molecule has 27 heavy (non-hydrogen) atoms. The van der Waals surface area contributed by atoms with Crippen LogP contribution in [0.2, 0.25) is 0 Å². The largest absolute Gasteiger partial charge is 1.00 e. The highest BCUT2D eigenvalue weighted by molar-refractivity contribution is 5.96. The first-order chi connectivity index (χ1) is 12.5. The van der Waals surface area contributed by atoms with Gasteiger partial charge in [0, 0.05) is 44.0 Å². The maximum Gasteiger partial charge on any atom is 0.305 e. The first kappa shape index (κ1) is 21.0. The van der Waals surface area contributed by atoms with Crippen LogP contribution in [-0.4, -0.2) is 27.0 Å². The molecule has 6 nitrogen and oxygen atoms in total. The van der Waals surface area contributed by atoms with E-state index in [4.69, 9.17) is 18.9 Å². The van der Waals surface area contributed by atoms with Crippen molar-refractivity contribution in [2.24, 2.45) is 0 Å². The summed E-state index contributed by atoms with van der Waals surface area (Å²) in [5.74, 6) is 2.10. The zero-order valence-corrected chi connectivity index (χ0v) is 16.8. The molecule has 0 amide bonds. The smallest absolute Gasteiger partial charge is 0.305 e. The van der Waals surface area contributed by atoms with E-state index in [1.54, 1.807) is 7.11 Å². The molecule has 2 heterocycles. The normalized spacial score (nSPS) is 12.1. The number of aryl methyl sites for hydroxylation is 1. The Morgan fingerprint density at radius 2 is 1.96 bits per heavy atom. The van der Waals surface area contributed by atoms with Gasteiger partial charge in [-0.2, -0.15) is 4.57 Å². The number of ether oxygens (including phenoxy) is 4. The van der Waals surface area contributed by atoms with Crippen LogP contribution in [0.25, 0.3) is 16.8 Å². The van der Waals surface area contributed by atoms with Gasteiger partial charge in [0.25, 0.3) is 0 Å². The summed E-state index contributed by atoms with van der Waals surface area (Å²) in [6, 6.07) is 5.98. The topological polar surface area (TPSA) is 57.9 Å². The lowest BCUT2D eigenvalue weighted by Gasteiger charge is -2.18. The minimum Gasteiger partial charge on any atom is -1.00 e. The van der Waals surface area contributed by atoms with Crippen molar-refractivity contribution in [1.82, 2.24) is 0 Å². The quantitative estimate of drug-likeness (QED) is 0.380. The summed E-state index contributed by atoms with van der Waals surface area (Å²) in [6.07, 6.45) is 3.15. The molecule has 0 saturated carbocycles. The number of allylic oxidation sites excluding steroid dienone is 1. The summed E-state index contributed by atoms with van der Waals surface area (Å²) in [7, 11) is 3.01. The number of benzene rings is 1. The molecule has 0 unspecified atom stereocenters. The highest BCUT2D eigenvalue weighted by atomic mass is 35.5. The number of carbonyl (C=O) groups is 1. The molecular formula is C20H24ClNO5. The molecule has 2 aromatic rings. The molecule has 0 fully saturated rings. The molecule has 146 valence electrons. The van der Waals surface area contributed by atoms with Gasteiger partial charge in [0.15, 0.2) is 12.5 Å². The fourth-order valence-electron chi connectivity index (χ4n) is 3.24. The summed E-state index contributed by atoms with van der Waals surface area (Å²) >= 11 is 0. The second kappa shape index (κ2) is 9.06. The molecule has 1 aromatic carbocycles. The van der Waals surface area contributed by atoms with Gasteiger partial charge in [-0.1, -0.05) is 0 Å². The zero-order chi connectivity index (χ0) is 18.7. The number of esters is 1. The van der Waals surface area contributed by atoms with Gasteiger partial charge in [-0.25, -0.2) is 0 Å². The molecule has 3 rings (SSSR count). The van der Waals surface area contributed by atoms with E-state index in [9.17, 15) is 4.79 Å². The van der Waals surface area contributed by atoms with Crippen LogP contribution >= 0.6 is 0 Å². The molecule has 7 heteroatoms. The van der Waals surface area contributed by atoms with Crippen molar-refractivity contribution >= 4 is 22.8 Å². The predicted octanol–water partition coefficient (Wildman–Crippen LogP) is 0.129. The van der Waals surface area contributed by atoms with Crippen molar-refractivity contribution in [3.05, 3.63) is 35.3 Å². The number of hydrogen-bond donors (Lipinski definition) is 0. The second-order valence-corrected chi connectivity index (χ2v) is 6.30. The van der Waals surface area contributed by atoms with Crippen molar-refractivity contribution in [2.45, 2.75) is 33.2 Å². The Balaban J connectivity index is 0.00000261. The Kier molecular flexibility index (Phi) is 7.05. The minimum atomic E-state index is -0.187. The van der Waals surface area contributed by atoms with Gasteiger partial charge in [0.05, 0.1) is 18.9 Å². The van der Waals surface area contributed by atoms with Crippen molar-refractivity contribution in [2.75, 3.05) is 21.0 Å². The first-order valence-corrected chi connectivity index (χ1v) is 8.59. The molecule has 0 bridgehead atoms. The van der Waals surface area contributed by atoms with Crippen molar-refractivity contribution in [3.8, 4) is 11.5 Å². The molecule has 0 saturated heterocycles. The standard InChI is InChI=1S/C20H24NO5.ClH/c1-13-8-15-10-16(25-12-23-3)11-18-20(15)17(9-14(2)26-18)21(13)7-5-6-19(22)24-4;/h8-11H,5-7,12H2,1-4H3;1H/q+1;/p-1. The maximum atomic E-state index is 11.4. The zero-order valence-electron chi connectivity index (χ0n) is 16.0. The summed E-state index contributed by atoms with van der Waals surface area (Å²) < 4.78 is 23.5. The molecule has 1 aliphatic rings. The van der Waals surface area contributed by atoms with Crippen LogP contribution in [0.1, 0.15) is 31.2 Å². The van der Waals surface area contributed by atoms with Crippen molar-refractivity contribution in [3.63, 3.8) is 0 Å². The third kappa shape index (κ3) is 4.51. The fraction of sp³-hybridized carbons (Fsp3) is 0.400. The summed E-state index contributed by atoms with van der Waals surface area (Å²) in [5.41, 5.74) is 2.19. The number of nitrogens with zero attached hydrogens (tertiary/aromatic N) is 1. The maximum absolute atomic E-state index is 11.4. The minimum absolute atomic E-state index is 0. The van der Waals surface area contributed by atoms with E-state index in [-0.39, 0.29) is 25.2 Å². The van der Waals surface area contributed by atoms with Gasteiger partial charge >= 0.3 is 5.97 Å². The Labute approximate surface area is 165 Å². The Hall–Kier alpha value is -2.31. The van der Waals surface area contributed by atoms with Crippen LogP contribution in [0.3, 0.4) is 0 Å². The Bertz CT molecular complexity index is 879. The van der Waals surface area contributed by atoms with Crippen molar-refractivity contribution in [1.29, 1.82) is 0 Å². The second-order valence-electron chi connectivity index (χ2n) is 6.30. The van der Waals surface area contributed by atoms with Crippen LogP contribution in [0, 0.1) is 6.92 Å². The van der Waals surface area contributed by atoms with E-state index in [0.717, 1.165) is 46.6 Å². The molecule has 0 spiro atoms. The highest BCUT2D eigenvalue weighted by Crippen LogP contribution is 2.37. The number of aromatic nitrogens is 1. The molecule has 0 radical (unpaired) electrons. The third-order valence-corrected chi connectivity index (χ3v) is 4.39. The predicted molar refractivity (Wildman–Crippen MR) is 96.9 cm³/mol. The molecular weight excluding hydrogens is 370 g/mol. The van der Waals surface area contributed by atoms with E-state index < -0.39 is 0 Å². The number of rotatable bonds is 7. The Morgan fingerprint density at radius 3 is 2.67 bits per heavy atom. The van der Waals surface area contributed by atoms with Crippen LogP contribution in [-0.2, 0) is 20.8 Å². The highest BCUT2D eigenvalue weighted by Gasteiger charge is 2.25. The number of methoxy groups -OCH3 is 2. The number of halogens is 1. The molecule has 0 N–H and O–H groups in total. The van der Waals surface area contributed by atoms with E-state index >= 15 is 0 Å². The lowest BCUT2D eigenvalue weighted by atomic mass is 10.0. The van der Waals surface area contributed by atoms with Gasteiger partial charge in [-0.3, -0.25) is 4.79 Å². The van der Waals surface area contributed by atoms with Crippen LogP contribution in [0.4, 0.5) is 0 Å². The first-order valence-electron chi connectivity index (χ1n) is 8.59. The lowest BCUT2D eigenvalue weighted by Crippen LogP contribution is -3.00. The number of pyridine rings is 1. The van der Waals surface area contributed by atoms with Gasteiger partial charge in [-0.05, 0) is 13.0 Å². The number of hydrogen-bond acceptors (Lipinski definition) is 5. The lowest BCUT2D eigenvalue weighted by molar-refractivity contribution is -0.703. The average Bonchev–Trinajstić information content (AvgIpc) is 2.61. The molecule has 0 atom stereocenters. The summed E-state index contributed by atoms with van der Waals surface area (Å²) in [4.78, 5) is 11.4. The van der Waals surface area contributed by atoms with E-state index in [1.807, 2.05) is 25.1 Å². The molecule has 0 aliphatic carbocycles. The summed E-state index contributed by atoms with van der Waals surface area (Å²) in [6.45, 7) is 4.91. The molecule has 1 aliphatic heterocycles. The molecule has 1 aromatic heterocycles. The Morgan fingerprint density at radius 1 is 1.19 bits per heavy atom. The fourth-order valence-corrected chi connectivity index (χ4v) is 3.24. The van der Waals surface area contributed by atoms with E-state index in [2.05, 4.69) is 17.6 Å². The van der Waals surface area contributed by atoms with Crippen molar-refractivity contribution < 1.29 is 40.7 Å². The van der Waals surface area contributed by atoms with Crippen LogP contribution < -0.4 is 26.4 Å². The monoisotopic (exact) mass is 393 g/mol. The summed E-state index contributed by atoms with van der Waals surface area (Å²) in [5, 5.41) is 2.10. The number of carbonyl (C=O) groups excluding carboxylic acids is 1. The SMILES string of the molecule is COCOc1cc2c3c([n+](CCCC(=O)OC)c(C)cc3c1)C=C(C)O2.[Cl-]. The van der Waals surface area contributed by atoms with E-state index in [0.29, 0.717) is 12.2 Å². The van der Waals surface area contributed by atoms with Crippen LogP contribution in [0.5, 0.6) is 11.5 Å². The van der Waals surface area contributed by atoms with Crippen LogP contribution in [0.15, 0.2) is 24.0 Å². The average molecular weight is 394 g/mol. The van der Waals surface area contributed by atoms with Gasteiger partial charge in [0.1, 0.15) is 23.8 Å². The van der Waals surface area contributed by atoms with Gasteiger partial charge in [-0.15, -0.1) is 0 Å².